The number of rotatable bonds is 6. The molecule has 0 amide bonds. The summed E-state index contributed by atoms with van der Waals surface area (Å²) in [6.07, 6.45) is -1.03. The van der Waals surface area contributed by atoms with Crippen LogP contribution in [0.1, 0.15) is 24.8 Å². The van der Waals surface area contributed by atoms with Crippen LogP contribution in [0.25, 0.3) is 22.3 Å². The normalized spacial score (nSPS) is 12.4. The van der Waals surface area contributed by atoms with Crippen molar-refractivity contribution in [1.82, 2.24) is 4.98 Å². The smallest absolute Gasteiger partial charge is 0.481 e. The van der Waals surface area contributed by atoms with Crippen LogP contribution in [0.3, 0.4) is 0 Å². The summed E-state index contributed by atoms with van der Waals surface area (Å²) >= 11 is 0. The number of ether oxygens (including phenoxy) is 1. The predicted octanol–water partition coefficient (Wildman–Crippen LogP) is 5.89. The molecule has 150 valence electrons. The lowest BCUT2D eigenvalue weighted by atomic mass is 9.88. The zero-order valence-corrected chi connectivity index (χ0v) is 15.5. The molecule has 0 bridgehead atoms. The molecule has 3 aromatic rings. The lowest BCUT2D eigenvalue weighted by molar-refractivity contribution is -0.274. The number of alkyl halides is 3. The highest BCUT2D eigenvalue weighted by atomic mass is 19.4. The molecule has 1 unspecified atom stereocenters. The highest BCUT2D eigenvalue weighted by Crippen LogP contribution is 2.36. The third kappa shape index (κ3) is 4.93. The Hall–Kier alpha value is -3.35. The summed E-state index contributed by atoms with van der Waals surface area (Å²) in [6.45, 7) is 1.80. The van der Waals surface area contributed by atoms with E-state index in [1.54, 1.807) is 43.6 Å². The van der Waals surface area contributed by atoms with Crippen LogP contribution in [0, 0.1) is 0 Å². The molecule has 0 fully saturated rings. The first kappa shape index (κ1) is 20.4. The van der Waals surface area contributed by atoms with Gasteiger partial charge in [-0.15, -0.1) is 13.2 Å². The quantitative estimate of drug-likeness (QED) is 0.559. The Morgan fingerprint density at radius 2 is 1.79 bits per heavy atom. The van der Waals surface area contributed by atoms with Crippen LogP contribution < -0.4 is 4.74 Å². The molecular weight excluding hydrogens is 383 g/mol. The minimum absolute atomic E-state index is 0.308. The van der Waals surface area contributed by atoms with Crippen molar-refractivity contribution in [1.29, 1.82) is 0 Å². The summed E-state index contributed by atoms with van der Waals surface area (Å²) in [4.78, 5) is 15.7. The summed E-state index contributed by atoms with van der Waals surface area (Å²) in [5, 5.41) is 9.48. The van der Waals surface area contributed by atoms with Crippen LogP contribution in [0.5, 0.6) is 5.75 Å². The van der Waals surface area contributed by atoms with Gasteiger partial charge in [-0.3, -0.25) is 9.78 Å². The van der Waals surface area contributed by atoms with Crippen molar-refractivity contribution in [3.05, 3.63) is 72.6 Å². The fourth-order valence-electron chi connectivity index (χ4n) is 3.18. The molecule has 0 aliphatic rings. The second-order valence-corrected chi connectivity index (χ2v) is 6.42. The van der Waals surface area contributed by atoms with Gasteiger partial charge in [0.1, 0.15) is 5.75 Å². The maximum atomic E-state index is 12.4. The summed E-state index contributed by atoms with van der Waals surface area (Å²) in [5.41, 5.74) is 3.61. The van der Waals surface area contributed by atoms with Crippen molar-refractivity contribution in [2.24, 2.45) is 0 Å². The van der Waals surface area contributed by atoms with Gasteiger partial charge < -0.3 is 9.84 Å². The molecule has 0 saturated carbocycles. The van der Waals surface area contributed by atoms with Gasteiger partial charge in [0.05, 0.1) is 5.92 Å². The molecule has 1 heterocycles. The lowest BCUT2D eigenvalue weighted by Crippen LogP contribution is -2.16. The van der Waals surface area contributed by atoms with Gasteiger partial charge >= 0.3 is 12.3 Å². The molecule has 7 heteroatoms. The average Bonchev–Trinajstić information content (AvgIpc) is 2.68. The van der Waals surface area contributed by atoms with Crippen LogP contribution in [0.2, 0.25) is 0 Å². The second kappa shape index (κ2) is 8.34. The van der Waals surface area contributed by atoms with Crippen LogP contribution in [-0.2, 0) is 4.79 Å². The van der Waals surface area contributed by atoms with Crippen LogP contribution in [-0.4, -0.2) is 22.4 Å². The highest BCUT2D eigenvalue weighted by Gasteiger charge is 2.31. The molecular formula is C22H18F3NO3. The molecule has 1 atom stereocenters. The van der Waals surface area contributed by atoms with Crippen molar-refractivity contribution >= 4 is 5.97 Å². The van der Waals surface area contributed by atoms with E-state index in [0.29, 0.717) is 17.5 Å². The van der Waals surface area contributed by atoms with E-state index in [1.165, 1.54) is 24.3 Å². The molecule has 1 N–H and O–H groups in total. The summed E-state index contributed by atoms with van der Waals surface area (Å²) in [5.74, 6) is -1.87. The van der Waals surface area contributed by atoms with Gasteiger partial charge in [0.2, 0.25) is 0 Å². The van der Waals surface area contributed by atoms with E-state index in [2.05, 4.69) is 9.72 Å². The topological polar surface area (TPSA) is 59.4 Å². The van der Waals surface area contributed by atoms with E-state index in [9.17, 15) is 23.1 Å². The van der Waals surface area contributed by atoms with Crippen LogP contribution in [0.15, 0.2) is 67.0 Å². The molecule has 2 aromatic carbocycles. The zero-order chi connectivity index (χ0) is 21.0. The van der Waals surface area contributed by atoms with E-state index in [1.807, 2.05) is 6.07 Å². The standard InChI is InChI=1S/C22H18F3NO3/c1-2-18(21(27)28)15-7-10-19(20(12-15)16-4-3-11-26-13-16)14-5-8-17(9-6-14)29-22(23,24)25/h3-13,18H,2H2,1H3,(H,27,28). The Labute approximate surface area is 165 Å². The predicted molar refractivity (Wildman–Crippen MR) is 102 cm³/mol. The van der Waals surface area contributed by atoms with Gasteiger partial charge in [0.25, 0.3) is 0 Å². The maximum absolute atomic E-state index is 12.4. The zero-order valence-electron chi connectivity index (χ0n) is 15.5. The number of aromatic nitrogens is 1. The Kier molecular flexibility index (Phi) is 5.87. The number of halogens is 3. The number of carbonyl (C=O) groups is 1. The number of benzene rings is 2. The van der Waals surface area contributed by atoms with Crippen molar-refractivity contribution in [2.75, 3.05) is 0 Å². The number of carboxylic acids is 1. The second-order valence-electron chi connectivity index (χ2n) is 6.42. The molecule has 3 rings (SSSR count). The number of hydrogen-bond donors (Lipinski definition) is 1. The third-order valence-corrected chi connectivity index (χ3v) is 4.52. The Morgan fingerprint density at radius 1 is 1.07 bits per heavy atom. The number of hydrogen-bond acceptors (Lipinski definition) is 3. The first-order valence-electron chi connectivity index (χ1n) is 8.92. The molecule has 0 aliphatic heterocycles. The van der Waals surface area contributed by atoms with Crippen LogP contribution in [0.4, 0.5) is 13.2 Å². The number of aliphatic carboxylic acids is 1. The number of nitrogens with zero attached hydrogens (tertiary/aromatic N) is 1. The number of carboxylic acid groups (broad SMARTS) is 1. The summed E-state index contributed by atoms with van der Waals surface area (Å²) in [6, 6.07) is 14.5. The minimum atomic E-state index is -4.75. The largest absolute Gasteiger partial charge is 0.573 e. The van der Waals surface area contributed by atoms with Crippen molar-refractivity contribution in [3.8, 4) is 28.0 Å². The fraction of sp³-hybridized carbons (Fsp3) is 0.182. The van der Waals surface area contributed by atoms with Crippen molar-refractivity contribution in [3.63, 3.8) is 0 Å². The van der Waals surface area contributed by atoms with E-state index >= 15 is 0 Å². The Bertz CT molecular complexity index is 986. The Balaban J connectivity index is 2.07. The van der Waals surface area contributed by atoms with E-state index in [4.69, 9.17) is 0 Å². The molecule has 1 aromatic heterocycles. The van der Waals surface area contributed by atoms with Crippen LogP contribution >= 0.6 is 0 Å². The van der Waals surface area contributed by atoms with E-state index < -0.39 is 18.2 Å². The van der Waals surface area contributed by atoms with Crippen molar-refractivity contribution in [2.45, 2.75) is 25.6 Å². The Morgan fingerprint density at radius 3 is 2.34 bits per heavy atom. The first-order chi connectivity index (χ1) is 13.8. The fourth-order valence-corrected chi connectivity index (χ4v) is 3.18. The first-order valence-corrected chi connectivity index (χ1v) is 8.92. The maximum Gasteiger partial charge on any atom is 0.573 e. The van der Waals surface area contributed by atoms with Gasteiger partial charge in [-0.05, 0) is 52.9 Å². The molecule has 0 aliphatic carbocycles. The average molecular weight is 401 g/mol. The van der Waals surface area contributed by atoms with E-state index in [0.717, 1.165) is 16.7 Å². The monoisotopic (exact) mass is 401 g/mol. The van der Waals surface area contributed by atoms with Gasteiger partial charge in [0.15, 0.2) is 0 Å². The third-order valence-electron chi connectivity index (χ3n) is 4.52. The highest BCUT2D eigenvalue weighted by molar-refractivity contribution is 5.85. The van der Waals surface area contributed by atoms with E-state index in [-0.39, 0.29) is 5.75 Å². The van der Waals surface area contributed by atoms with Gasteiger partial charge in [-0.1, -0.05) is 37.3 Å². The van der Waals surface area contributed by atoms with Gasteiger partial charge in [-0.2, -0.15) is 0 Å². The SMILES string of the molecule is CCC(C(=O)O)c1ccc(-c2ccc(OC(F)(F)F)cc2)c(-c2cccnc2)c1. The number of pyridine rings is 1. The van der Waals surface area contributed by atoms with Gasteiger partial charge in [0, 0.05) is 18.0 Å². The molecule has 0 spiro atoms. The summed E-state index contributed by atoms with van der Waals surface area (Å²) in [7, 11) is 0. The molecule has 0 saturated heterocycles. The molecule has 4 nitrogen and oxygen atoms in total. The minimum Gasteiger partial charge on any atom is -0.481 e. The lowest BCUT2D eigenvalue weighted by Gasteiger charge is -2.16. The van der Waals surface area contributed by atoms with Gasteiger partial charge in [-0.25, -0.2) is 0 Å². The summed E-state index contributed by atoms with van der Waals surface area (Å²) < 4.78 is 41.1. The van der Waals surface area contributed by atoms with Crippen molar-refractivity contribution < 1.29 is 27.8 Å². The molecule has 0 radical (unpaired) electrons. The molecule has 29 heavy (non-hydrogen) atoms.